The summed E-state index contributed by atoms with van der Waals surface area (Å²) in [5.74, 6) is -0.0105. The summed E-state index contributed by atoms with van der Waals surface area (Å²) in [5, 5.41) is 23.4. The molecule has 6 heteroatoms. The van der Waals surface area contributed by atoms with Crippen molar-refractivity contribution in [1.82, 2.24) is 5.32 Å². The van der Waals surface area contributed by atoms with Gasteiger partial charge in [-0.2, -0.15) is 0 Å². The lowest BCUT2D eigenvalue weighted by Crippen LogP contribution is -2.45. The smallest absolute Gasteiger partial charge is 0.305 e. The van der Waals surface area contributed by atoms with Crippen LogP contribution >= 0.6 is 0 Å². The Hall–Kier alpha value is -1.40. The summed E-state index contributed by atoms with van der Waals surface area (Å²) in [6.45, 7) is 5.00. The number of unbranched alkanes of at least 4 members (excludes halogenated alkanes) is 57. The number of rotatable bonds is 70. The first-order valence-corrected chi connectivity index (χ1v) is 36.9. The number of carbonyl (C=O) groups is 2. The van der Waals surface area contributed by atoms with E-state index in [1.807, 2.05) is 0 Å². The number of hydrogen-bond acceptors (Lipinski definition) is 5. The molecule has 0 aromatic carbocycles. The van der Waals surface area contributed by atoms with Crippen molar-refractivity contribution < 1.29 is 24.5 Å². The summed E-state index contributed by atoms with van der Waals surface area (Å²) in [4.78, 5) is 24.6. The summed E-state index contributed by atoms with van der Waals surface area (Å²) in [6, 6.07) is -0.542. The third kappa shape index (κ3) is 65.7. The summed E-state index contributed by atoms with van der Waals surface area (Å²) in [6.07, 6.45) is 87.0. The molecule has 1 amide bonds. The molecule has 0 aromatic heterocycles. The molecule has 0 saturated heterocycles. The van der Waals surface area contributed by atoms with Gasteiger partial charge in [-0.05, 0) is 51.4 Å². The van der Waals surface area contributed by atoms with Crippen LogP contribution in [0.5, 0.6) is 0 Å². The fraction of sp³-hybridized carbons (Fsp3) is 0.946. The van der Waals surface area contributed by atoms with E-state index >= 15 is 0 Å². The number of aliphatic hydroxyl groups is 2. The van der Waals surface area contributed by atoms with Gasteiger partial charge in [0.25, 0.3) is 0 Å². The Morgan fingerprint density at radius 1 is 0.338 bits per heavy atom. The molecule has 80 heavy (non-hydrogen) atoms. The fourth-order valence-corrected chi connectivity index (χ4v) is 11.9. The number of aliphatic hydroxyl groups excluding tert-OH is 2. The molecule has 3 N–H and O–H groups in total. The quantitative estimate of drug-likeness (QED) is 0.0320. The maximum atomic E-state index is 12.6. The molecule has 0 fully saturated rings. The molecular weight excluding hydrogens is 983 g/mol. The highest BCUT2D eigenvalue weighted by Crippen LogP contribution is 2.19. The number of ether oxygens (including phenoxy) is 1. The number of allylic oxidation sites excluding steroid dienone is 2. The second-order valence-corrected chi connectivity index (χ2v) is 25.6. The topological polar surface area (TPSA) is 95.9 Å². The van der Waals surface area contributed by atoms with Gasteiger partial charge >= 0.3 is 5.97 Å². The van der Waals surface area contributed by atoms with Crippen LogP contribution < -0.4 is 5.32 Å². The number of nitrogens with one attached hydrogen (secondary N) is 1. The maximum absolute atomic E-state index is 12.6. The van der Waals surface area contributed by atoms with Crippen LogP contribution in [0, 0.1) is 0 Å². The SMILES string of the molecule is CCCCCCCCCCCCCCCCCCCCCCCC(O)C(CO)NC(=O)CCCCCCCCCCCCCC/C=C\CCCCCCCCCCCCCCOC(=O)CCCCCCCCCCCCCCCC. The van der Waals surface area contributed by atoms with Crippen LogP contribution in [0.4, 0.5) is 0 Å². The van der Waals surface area contributed by atoms with Crippen LogP contribution in [-0.4, -0.2) is 47.4 Å². The zero-order chi connectivity index (χ0) is 57.8. The first-order chi connectivity index (χ1) is 39.5. The van der Waals surface area contributed by atoms with Gasteiger partial charge in [0.05, 0.1) is 25.4 Å². The van der Waals surface area contributed by atoms with E-state index in [0.29, 0.717) is 25.9 Å². The van der Waals surface area contributed by atoms with Gasteiger partial charge in [0.1, 0.15) is 0 Å². The maximum Gasteiger partial charge on any atom is 0.305 e. The first kappa shape index (κ1) is 78.6. The van der Waals surface area contributed by atoms with Crippen LogP contribution in [0.1, 0.15) is 425 Å². The predicted octanol–water partition coefficient (Wildman–Crippen LogP) is 23.9. The average Bonchev–Trinajstić information content (AvgIpc) is 3.46. The Balaban J connectivity index is 3.37. The highest BCUT2D eigenvalue weighted by atomic mass is 16.5. The Morgan fingerprint density at radius 2 is 0.588 bits per heavy atom. The van der Waals surface area contributed by atoms with E-state index in [9.17, 15) is 19.8 Å². The molecule has 6 nitrogen and oxygen atoms in total. The summed E-state index contributed by atoms with van der Waals surface area (Å²) in [7, 11) is 0. The van der Waals surface area contributed by atoms with E-state index in [0.717, 1.165) is 38.5 Å². The molecule has 0 rings (SSSR count). The van der Waals surface area contributed by atoms with Crippen LogP contribution in [0.15, 0.2) is 12.2 Å². The van der Waals surface area contributed by atoms with E-state index in [1.54, 1.807) is 0 Å². The molecule has 476 valence electrons. The van der Waals surface area contributed by atoms with E-state index in [1.165, 1.54) is 353 Å². The van der Waals surface area contributed by atoms with Gasteiger partial charge in [-0.1, -0.05) is 373 Å². The number of carbonyl (C=O) groups excluding carboxylic acids is 2. The van der Waals surface area contributed by atoms with Crippen LogP contribution in [0.2, 0.25) is 0 Å². The van der Waals surface area contributed by atoms with Gasteiger partial charge < -0.3 is 20.3 Å². The minimum atomic E-state index is -0.665. The van der Waals surface area contributed by atoms with Crippen molar-refractivity contribution in [3.05, 3.63) is 12.2 Å². The van der Waals surface area contributed by atoms with E-state index in [4.69, 9.17) is 4.74 Å². The third-order valence-corrected chi connectivity index (χ3v) is 17.6. The summed E-state index contributed by atoms with van der Waals surface area (Å²) >= 11 is 0. The molecule has 0 aliphatic carbocycles. The van der Waals surface area contributed by atoms with Gasteiger partial charge in [0.15, 0.2) is 0 Å². The largest absolute Gasteiger partial charge is 0.466 e. The standard InChI is InChI=1S/C74H145NO5/c1-3-5-7-9-11-13-15-17-19-20-21-30-33-36-39-42-46-50-54-58-62-66-72(77)71(70-76)75-73(78)67-63-59-55-51-47-43-40-37-34-31-28-26-24-22-23-25-27-29-32-35-38-41-45-49-53-57-61-65-69-80-74(79)68-64-60-56-52-48-44-18-16-14-12-10-8-6-4-2/h22-23,71-72,76-77H,3-21,24-70H2,1-2H3,(H,75,78)/b23-22-. The highest BCUT2D eigenvalue weighted by Gasteiger charge is 2.20. The molecule has 0 saturated carbocycles. The summed E-state index contributed by atoms with van der Waals surface area (Å²) in [5.41, 5.74) is 0. The Morgan fingerprint density at radius 3 is 0.887 bits per heavy atom. The van der Waals surface area contributed by atoms with Gasteiger partial charge in [-0.25, -0.2) is 0 Å². The van der Waals surface area contributed by atoms with Gasteiger partial charge in [0.2, 0.25) is 5.91 Å². The molecular formula is C74H145NO5. The lowest BCUT2D eigenvalue weighted by atomic mass is 10.0. The minimum absolute atomic E-state index is 0.0193. The third-order valence-electron chi connectivity index (χ3n) is 17.6. The first-order valence-electron chi connectivity index (χ1n) is 36.9. The van der Waals surface area contributed by atoms with E-state index < -0.39 is 12.1 Å². The predicted molar refractivity (Wildman–Crippen MR) is 352 cm³/mol. The fourth-order valence-electron chi connectivity index (χ4n) is 11.9. The normalized spacial score (nSPS) is 12.5. The number of hydrogen-bond donors (Lipinski definition) is 3. The van der Waals surface area contributed by atoms with Crippen LogP contribution in [0.25, 0.3) is 0 Å². The van der Waals surface area contributed by atoms with Gasteiger partial charge in [0, 0.05) is 12.8 Å². The molecule has 0 aliphatic heterocycles. The molecule has 0 spiro atoms. The van der Waals surface area contributed by atoms with Crippen molar-refractivity contribution in [2.45, 2.75) is 437 Å². The van der Waals surface area contributed by atoms with Crippen molar-refractivity contribution in [3.8, 4) is 0 Å². The Labute approximate surface area is 501 Å². The number of esters is 1. The molecule has 0 bridgehead atoms. The monoisotopic (exact) mass is 1130 g/mol. The van der Waals surface area contributed by atoms with E-state index in [2.05, 4.69) is 31.3 Å². The number of amides is 1. The average molecular weight is 1130 g/mol. The second-order valence-electron chi connectivity index (χ2n) is 25.6. The van der Waals surface area contributed by atoms with Gasteiger partial charge in [-0.15, -0.1) is 0 Å². The molecule has 0 radical (unpaired) electrons. The lowest BCUT2D eigenvalue weighted by Gasteiger charge is -2.22. The van der Waals surface area contributed by atoms with Gasteiger partial charge in [-0.3, -0.25) is 9.59 Å². The van der Waals surface area contributed by atoms with Crippen molar-refractivity contribution in [2.75, 3.05) is 13.2 Å². The Bertz CT molecular complexity index is 1210. The van der Waals surface area contributed by atoms with E-state index in [-0.39, 0.29) is 18.5 Å². The Kier molecular flexibility index (Phi) is 68.9. The van der Waals surface area contributed by atoms with Crippen molar-refractivity contribution in [3.63, 3.8) is 0 Å². The summed E-state index contributed by atoms with van der Waals surface area (Å²) < 4.78 is 5.50. The second kappa shape index (κ2) is 70.1. The van der Waals surface area contributed by atoms with Crippen molar-refractivity contribution >= 4 is 11.9 Å². The molecule has 2 atom stereocenters. The van der Waals surface area contributed by atoms with Crippen molar-refractivity contribution in [2.24, 2.45) is 0 Å². The lowest BCUT2D eigenvalue weighted by molar-refractivity contribution is -0.143. The van der Waals surface area contributed by atoms with Crippen molar-refractivity contribution in [1.29, 1.82) is 0 Å². The molecule has 0 aliphatic rings. The minimum Gasteiger partial charge on any atom is -0.466 e. The zero-order valence-electron chi connectivity index (χ0n) is 54.6. The molecule has 0 aromatic rings. The molecule has 2 unspecified atom stereocenters. The molecule has 0 heterocycles. The zero-order valence-corrected chi connectivity index (χ0v) is 54.6. The van der Waals surface area contributed by atoms with Crippen LogP contribution in [0.3, 0.4) is 0 Å². The van der Waals surface area contributed by atoms with Crippen LogP contribution in [-0.2, 0) is 14.3 Å². The highest BCUT2D eigenvalue weighted by molar-refractivity contribution is 5.76.